The molecule has 3 atom stereocenters. The van der Waals surface area contributed by atoms with Crippen LogP contribution >= 0.6 is 0 Å². The Bertz CT molecular complexity index is 395. The topological polar surface area (TPSA) is 24.5 Å². The first-order valence-corrected chi connectivity index (χ1v) is 7.46. The fourth-order valence-electron chi connectivity index (χ4n) is 3.29. The molecule has 1 aromatic carbocycles. The molecule has 2 fully saturated rings. The summed E-state index contributed by atoms with van der Waals surface area (Å²) in [4.78, 5) is 2.64. The standard InChI is InChI=1S/C16H24N2O/c1-13-15(7-10-19-13)12-18-9-8-17-11-16(18)14-5-3-2-4-6-14/h2-6,13,15-17H,7-12H2,1H3. The first kappa shape index (κ1) is 13.1. The molecule has 0 saturated carbocycles. The lowest BCUT2D eigenvalue weighted by Gasteiger charge is -2.38. The van der Waals surface area contributed by atoms with Crippen LogP contribution in [0, 0.1) is 5.92 Å². The van der Waals surface area contributed by atoms with Gasteiger partial charge in [0.1, 0.15) is 0 Å². The predicted octanol–water partition coefficient (Wildman–Crippen LogP) is 2.06. The van der Waals surface area contributed by atoms with E-state index in [0.717, 1.165) is 26.2 Å². The zero-order chi connectivity index (χ0) is 13.1. The molecule has 0 radical (unpaired) electrons. The molecule has 2 saturated heterocycles. The van der Waals surface area contributed by atoms with Gasteiger partial charge in [-0.3, -0.25) is 4.90 Å². The van der Waals surface area contributed by atoms with Crippen molar-refractivity contribution in [2.24, 2.45) is 5.92 Å². The third-order valence-corrected chi connectivity index (χ3v) is 4.54. The smallest absolute Gasteiger partial charge is 0.0588 e. The molecule has 2 aliphatic heterocycles. The van der Waals surface area contributed by atoms with Gasteiger partial charge in [0.15, 0.2) is 0 Å². The maximum absolute atomic E-state index is 5.71. The van der Waals surface area contributed by atoms with Crippen molar-refractivity contribution >= 4 is 0 Å². The molecule has 0 bridgehead atoms. The Kier molecular flexibility index (Phi) is 4.16. The highest BCUT2D eigenvalue weighted by atomic mass is 16.5. The second-order valence-corrected chi connectivity index (χ2v) is 5.75. The Morgan fingerprint density at radius 3 is 2.89 bits per heavy atom. The van der Waals surface area contributed by atoms with Crippen molar-refractivity contribution in [3.05, 3.63) is 35.9 Å². The minimum atomic E-state index is 0.423. The van der Waals surface area contributed by atoms with Gasteiger partial charge in [-0.15, -0.1) is 0 Å². The van der Waals surface area contributed by atoms with Gasteiger partial charge in [0.25, 0.3) is 0 Å². The second-order valence-electron chi connectivity index (χ2n) is 5.75. The van der Waals surface area contributed by atoms with Crippen molar-refractivity contribution in [2.75, 3.05) is 32.8 Å². The summed E-state index contributed by atoms with van der Waals surface area (Å²) in [5.41, 5.74) is 1.43. The van der Waals surface area contributed by atoms with Gasteiger partial charge in [-0.25, -0.2) is 0 Å². The van der Waals surface area contributed by atoms with Crippen LogP contribution < -0.4 is 5.32 Å². The van der Waals surface area contributed by atoms with Gasteiger partial charge in [-0.2, -0.15) is 0 Å². The van der Waals surface area contributed by atoms with E-state index in [1.807, 2.05) is 0 Å². The number of ether oxygens (including phenoxy) is 1. The molecular formula is C16H24N2O. The van der Waals surface area contributed by atoms with E-state index in [1.165, 1.54) is 18.5 Å². The second kappa shape index (κ2) is 6.04. The van der Waals surface area contributed by atoms with Crippen molar-refractivity contribution in [2.45, 2.75) is 25.5 Å². The number of nitrogens with one attached hydrogen (secondary N) is 1. The Hall–Kier alpha value is -0.900. The molecule has 0 aliphatic carbocycles. The van der Waals surface area contributed by atoms with Crippen LogP contribution in [0.5, 0.6) is 0 Å². The summed E-state index contributed by atoms with van der Waals surface area (Å²) in [5, 5.41) is 3.53. The van der Waals surface area contributed by atoms with Crippen LogP contribution in [0.3, 0.4) is 0 Å². The quantitative estimate of drug-likeness (QED) is 0.900. The highest BCUT2D eigenvalue weighted by Crippen LogP contribution is 2.27. The molecule has 0 aromatic heterocycles. The van der Waals surface area contributed by atoms with E-state index in [0.29, 0.717) is 18.1 Å². The number of rotatable bonds is 3. The average Bonchev–Trinajstić information content (AvgIpc) is 2.86. The Morgan fingerprint density at radius 1 is 1.32 bits per heavy atom. The number of benzene rings is 1. The van der Waals surface area contributed by atoms with E-state index >= 15 is 0 Å². The Labute approximate surface area is 115 Å². The zero-order valence-electron chi connectivity index (χ0n) is 11.7. The van der Waals surface area contributed by atoms with E-state index in [1.54, 1.807) is 0 Å². The predicted molar refractivity (Wildman–Crippen MR) is 77.1 cm³/mol. The first-order chi connectivity index (χ1) is 9.34. The zero-order valence-corrected chi connectivity index (χ0v) is 11.7. The van der Waals surface area contributed by atoms with Crippen LogP contribution in [0.25, 0.3) is 0 Å². The molecule has 3 rings (SSSR count). The highest BCUT2D eigenvalue weighted by molar-refractivity contribution is 5.20. The third kappa shape index (κ3) is 2.99. The lowest BCUT2D eigenvalue weighted by Crippen LogP contribution is -2.48. The van der Waals surface area contributed by atoms with Gasteiger partial charge in [0.05, 0.1) is 6.10 Å². The van der Waals surface area contributed by atoms with Crippen LogP contribution in [0.2, 0.25) is 0 Å². The largest absolute Gasteiger partial charge is 0.378 e. The molecular weight excluding hydrogens is 236 g/mol. The normalized spacial score (nSPS) is 32.6. The number of hydrogen-bond donors (Lipinski definition) is 1. The molecule has 1 aromatic rings. The molecule has 2 heterocycles. The van der Waals surface area contributed by atoms with Gasteiger partial charge in [-0.1, -0.05) is 30.3 Å². The molecule has 1 N–H and O–H groups in total. The summed E-state index contributed by atoms with van der Waals surface area (Å²) in [6.45, 7) is 7.63. The number of piperazine rings is 1. The van der Waals surface area contributed by atoms with Gasteiger partial charge in [-0.05, 0) is 24.8 Å². The van der Waals surface area contributed by atoms with Crippen LogP contribution in [-0.2, 0) is 4.74 Å². The fraction of sp³-hybridized carbons (Fsp3) is 0.625. The molecule has 0 amide bonds. The van der Waals surface area contributed by atoms with Gasteiger partial charge < -0.3 is 10.1 Å². The molecule has 19 heavy (non-hydrogen) atoms. The summed E-state index contributed by atoms with van der Waals surface area (Å²) >= 11 is 0. The maximum atomic E-state index is 5.71. The molecule has 0 spiro atoms. The van der Waals surface area contributed by atoms with Crippen LogP contribution in [0.15, 0.2) is 30.3 Å². The lowest BCUT2D eigenvalue weighted by molar-refractivity contribution is 0.0763. The number of hydrogen-bond acceptors (Lipinski definition) is 3. The molecule has 3 unspecified atom stereocenters. The monoisotopic (exact) mass is 260 g/mol. The number of nitrogens with zero attached hydrogens (tertiary/aromatic N) is 1. The minimum Gasteiger partial charge on any atom is -0.378 e. The van der Waals surface area contributed by atoms with Crippen molar-refractivity contribution in [1.82, 2.24) is 10.2 Å². The third-order valence-electron chi connectivity index (χ3n) is 4.54. The van der Waals surface area contributed by atoms with Crippen LogP contribution in [0.1, 0.15) is 24.9 Å². The fourth-order valence-corrected chi connectivity index (χ4v) is 3.29. The highest BCUT2D eigenvalue weighted by Gasteiger charge is 2.30. The van der Waals surface area contributed by atoms with Crippen molar-refractivity contribution in [3.8, 4) is 0 Å². The summed E-state index contributed by atoms with van der Waals surface area (Å²) in [7, 11) is 0. The molecule has 3 heteroatoms. The lowest BCUT2D eigenvalue weighted by atomic mass is 9.98. The van der Waals surface area contributed by atoms with Crippen LogP contribution in [-0.4, -0.2) is 43.8 Å². The summed E-state index contributed by atoms with van der Waals surface area (Å²) in [6, 6.07) is 11.4. The summed E-state index contributed by atoms with van der Waals surface area (Å²) in [6.07, 6.45) is 1.64. The van der Waals surface area contributed by atoms with Gasteiger partial charge in [0, 0.05) is 38.8 Å². The van der Waals surface area contributed by atoms with E-state index < -0.39 is 0 Å². The van der Waals surface area contributed by atoms with E-state index in [-0.39, 0.29) is 0 Å². The first-order valence-electron chi connectivity index (χ1n) is 7.46. The Balaban J connectivity index is 1.70. The average molecular weight is 260 g/mol. The van der Waals surface area contributed by atoms with Gasteiger partial charge in [0.2, 0.25) is 0 Å². The summed E-state index contributed by atoms with van der Waals surface area (Å²) in [5.74, 6) is 0.698. The molecule has 3 nitrogen and oxygen atoms in total. The van der Waals surface area contributed by atoms with Gasteiger partial charge >= 0.3 is 0 Å². The van der Waals surface area contributed by atoms with E-state index in [2.05, 4.69) is 47.5 Å². The van der Waals surface area contributed by atoms with E-state index in [9.17, 15) is 0 Å². The van der Waals surface area contributed by atoms with Crippen LogP contribution in [0.4, 0.5) is 0 Å². The SMILES string of the molecule is CC1OCCC1CN1CCNCC1c1ccccc1. The Morgan fingerprint density at radius 2 is 2.16 bits per heavy atom. The minimum absolute atomic E-state index is 0.423. The molecule has 2 aliphatic rings. The molecule has 104 valence electrons. The van der Waals surface area contributed by atoms with E-state index in [4.69, 9.17) is 4.74 Å². The maximum Gasteiger partial charge on any atom is 0.0588 e. The van der Waals surface area contributed by atoms with Crippen molar-refractivity contribution in [3.63, 3.8) is 0 Å². The summed E-state index contributed by atoms with van der Waals surface area (Å²) < 4.78 is 5.71. The van der Waals surface area contributed by atoms with Crippen molar-refractivity contribution < 1.29 is 4.74 Å². The van der Waals surface area contributed by atoms with Crippen molar-refractivity contribution in [1.29, 1.82) is 0 Å².